The molecule has 0 aromatic carbocycles. The molecule has 0 saturated heterocycles. The van der Waals surface area contributed by atoms with E-state index in [9.17, 15) is 4.79 Å². The molecule has 76 valence electrons. The van der Waals surface area contributed by atoms with Crippen molar-refractivity contribution in [1.82, 2.24) is 0 Å². The number of aliphatic hydroxyl groups excluding tert-OH is 1. The van der Waals surface area contributed by atoms with E-state index < -0.39 is 12.1 Å². The van der Waals surface area contributed by atoms with Gasteiger partial charge in [-0.15, -0.1) is 0 Å². The first-order valence-corrected chi connectivity index (χ1v) is 4.15. The lowest BCUT2D eigenvalue weighted by Crippen LogP contribution is -2.45. The first-order chi connectivity index (χ1) is 6.59. The maximum Gasteiger partial charge on any atom is 0.341 e. The van der Waals surface area contributed by atoms with E-state index in [1.54, 1.807) is 19.2 Å². The van der Waals surface area contributed by atoms with Crippen LogP contribution in [0.15, 0.2) is 24.5 Å². The molecular formula is C9H12NO4+. The molecule has 1 aromatic rings. The summed E-state index contributed by atoms with van der Waals surface area (Å²) in [7, 11) is 0. The van der Waals surface area contributed by atoms with Gasteiger partial charge in [0.15, 0.2) is 6.61 Å². The summed E-state index contributed by atoms with van der Waals surface area (Å²) in [5, 5.41) is 17.6. The number of carboxylic acids is 1. The van der Waals surface area contributed by atoms with Crippen molar-refractivity contribution < 1.29 is 24.6 Å². The number of carboxylic acid groups (broad SMARTS) is 1. The molecule has 1 aromatic heterocycles. The molecule has 5 heteroatoms. The Hall–Kier alpha value is -1.62. The molecular weight excluding hydrogens is 186 g/mol. The predicted octanol–water partition coefficient (Wildman–Crippen LogP) is -0.518. The zero-order chi connectivity index (χ0) is 10.6. The van der Waals surface area contributed by atoms with Crippen molar-refractivity contribution in [3.8, 4) is 0 Å². The number of rotatable bonds is 4. The molecule has 0 spiro atoms. The monoisotopic (exact) mass is 198 g/mol. The van der Waals surface area contributed by atoms with Gasteiger partial charge in [0.2, 0.25) is 12.4 Å². The van der Waals surface area contributed by atoms with Crippen molar-refractivity contribution in [2.75, 3.05) is 6.61 Å². The molecule has 0 fully saturated rings. The molecule has 0 saturated carbocycles. The lowest BCUT2D eigenvalue weighted by Gasteiger charge is -2.00. The fourth-order valence-corrected chi connectivity index (χ4v) is 0.855. The van der Waals surface area contributed by atoms with E-state index in [0.717, 1.165) is 0 Å². The van der Waals surface area contributed by atoms with Gasteiger partial charge in [-0.3, -0.25) is 4.84 Å². The summed E-state index contributed by atoms with van der Waals surface area (Å²) in [5.41, 5.74) is 0.137. The number of hydrogen-bond donors (Lipinski definition) is 2. The summed E-state index contributed by atoms with van der Waals surface area (Å²) in [4.78, 5) is 15.6. The fourth-order valence-electron chi connectivity index (χ4n) is 0.855. The molecule has 1 atom stereocenters. The molecule has 0 bridgehead atoms. The molecule has 1 heterocycles. The van der Waals surface area contributed by atoms with E-state index in [2.05, 4.69) is 0 Å². The first kappa shape index (κ1) is 10.5. The van der Waals surface area contributed by atoms with E-state index >= 15 is 0 Å². The minimum absolute atomic E-state index is 0.119. The molecule has 0 radical (unpaired) electrons. The average Bonchev–Trinajstić information content (AvgIpc) is 2.15. The Kier molecular flexibility index (Phi) is 3.41. The molecule has 1 rings (SSSR count). The Bertz CT molecular complexity index is 324. The van der Waals surface area contributed by atoms with Gasteiger partial charge in [0.1, 0.15) is 5.56 Å². The van der Waals surface area contributed by atoms with Crippen molar-refractivity contribution in [3.63, 3.8) is 0 Å². The van der Waals surface area contributed by atoms with E-state index in [-0.39, 0.29) is 12.2 Å². The topological polar surface area (TPSA) is 70.6 Å². The molecule has 14 heavy (non-hydrogen) atoms. The van der Waals surface area contributed by atoms with Crippen molar-refractivity contribution in [2.45, 2.75) is 13.0 Å². The number of nitrogens with zero attached hydrogens (tertiary/aromatic N) is 1. The van der Waals surface area contributed by atoms with Crippen LogP contribution in [0.25, 0.3) is 0 Å². The Morgan fingerprint density at radius 2 is 2.43 bits per heavy atom. The van der Waals surface area contributed by atoms with Crippen LogP contribution in [0.1, 0.15) is 17.3 Å². The summed E-state index contributed by atoms with van der Waals surface area (Å²) in [6.07, 6.45) is 2.32. The van der Waals surface area contributed by atoms with E-state index in [4.69, 9.17) is 15.1 Å². The van der Waals surface area contributed by atoms with Crippen LogP contribution in [-0.4, -0.2) is 28.9 Å². The highest BCUT2D eigenvalue weighted by molar-refractivity contribution is 5.86. The van der Waals surface area contributed by atoms with Crippen molar-refractivity contribution in [3.05, 3.63) is 30.1 Å². The van der Waals surface area contributed by atoms with E-state index in [1.165, 1.54) is 17.0 Å². The number of aliphatic hydroxyl groups is 1. The molecule has 1 unspecified atom stereocenters. The number of hydrogen-bond acceptors (Lipinski definition) is 3. The van der Waals surface area contributed by atoms with E-state index in [0.29, 0.717) is 0 Å². The van der Waals surface area contributed by atoms with Crippen LogP contribution in [0.4, 0.5) is 0 Å². The normalized spacial score (nSPS) is 12.1. The Morgan fingerprint density at radius 1 is 1.71 bits per heavy atom. The van der Waals surface area contributed by atoms with Crippen LogP contribution >= 0.6 is 0 Å². The van der Waals surface area contributed by atoms with Gasteiger partial charge in [-0.05, 0) is 13.0 Å². The van der Waals surface area contributed by atoms with E-state index in [1.807, 2.05) is 0 Å². The van der Waals surface area contributed by atoms with Crippen LogP contribution in [-0.2, 0) is 0 Å². The molecule has 5 nitrogen and oxygen atoms in total. The SMILES string of the molecule is CC(O)CO[n+]1cccc(C(=O)O)c1. The summed E-state index contributed by atoms with van der Waals surface area (Å²) >= 11 is 0. The highest BCUT2D eigenvalue weighted by Gasteiger charge is 2.10. The van der Waals surface area contributed by atoms with Gasteiger partial charge >= 0.3 is 5.97 Å². The Balaban J connectivity index is 2.69. The third-order valence-electron chi connectivity index (χ3n) is 1.49. The zero-order valence-corrected chi connectivity index (χ0v) is 7.75. The van der Waals surface area contributed by atoms with Crippen LogP contribution < -0.4 is 9.57 Å². The third kappa shape index (κ3) is 3.02. The summed E-state index contributed by atoms with van der Waals surface area (Å²) in [6.45, 7) is 1.70. The van der Waals surface area contributed by atoms with Gasteiger partial charge in [0.25, 0.3) is 0 Å². The lowest BCUT2D eigenvalue weighted by atomic mass is 10.3. The van der Waals surface area contributed by atoms with Crippen LogP contribution in [0.3, 0.4) is 0 Å². The minimum atomic E-state index is -1.01. The highest BCUT2D eigenvalue weighted by Crippen LogP contribution is 1.92. The maximum atomic E-state index is 10.6. The predicted molar refractivity (Wildman–Crippen MR) is 46.7 cm³/mol. The third-order valence-corrected chi connectivity index (χ3v) is 1.49. The van der Waals surface area contributed by atoms with Gasteiger partial charge in [0, 0.05) is 10.8 Å². The summed E-state index contributed by atoms with van der Waals surface area (Å²) < 4.78 is 1.26. The minimum Gasteiger partial charge on any atom is -0.477 e. The largest absolute Gasteiger partial charge is 0.477 e. The fraction of sp³-hybridized carbons (Fsp3) is 0.333. The van der Waals surface area contributed by atoms with Gasteiger partial charge in [0.05, 0.1) is 6.10 Å². The average molecular weight is 198 g/mol. The van der Waals surface area contributed by atoms with Crippen LogP contribution in [0.2, 0.25) is 0 Å². The van der Waals surface area contributed by atoms with Gasteiger partial charge in [-0.2, -0.15) is 0 Å². The number of aromatic carboxylic acids is 1. The lowest BCUT2D eigenvalue weighted by molar-refractivity contribution is -0.892. The summed E-state index contributed by atoms with van der Waals surface area (Å²) in [5.74, 6) is -1.01. The maximum absolute atomic E-state index is 10.6. The molecule has 0 aliphatic rings. The summed E-state index contributed by atoms with van der Waals surface area (Å²) in [6, 6.07) is 3.02. The van der Waals surface area contributed by atoms with Crippen LogP contribution in [0, 0.1) is 0 Å². The van der Waals surface area contributed by atoms with Crippen molar-refractivity contribution in [2.24, 2.45) is 0 Å². The van der Waals surface area contributed by atoms with Crippen molar-refractivity contribution in [1.29, 1.82) is 0 Å². The Morgan fingerprint density at radius 3 is 3.00 bits per heavy atom. The molecule has 0 amide bonds. The zero-order valence-electron chi connectivity index (χ0n) is 7.75. The second-order valence-corrected chi connectivity index (χ2v) is 2.90. The first-order valence-electron chi connectivity index (χ1n) is 4.15. The van der Waals surface area contributed by atoms with Gasteiger partial charge in [-0.25, -0.2) is 4.79 Å². The Labute approximate surface area is 81.1 Å². The van der Waals surface area contributed by atoms with Crippen molar-refractivity contribution >= 4 is 5.97 Å². The molecule has 0 aliphatic heterocycles. The molecule has 0 aliphatic carbocycles. The number of pyridine rings is 1. The number of carbonyl (C=O) groups is 1. The quantitative estimate of drug-likeness (QED) is 0.639. The number of aromatic nitrogens is 1. The van der Waals surface area contributed by atoms with Crippen LogP contribution in [0.5, 0.6) is 0 Å². The smallest absolute Gasteiger partial charge is 0.341 e. The molecule has 2 N–H and O–H groups in total. The van der Waals surface area contributed by atoms with Gasteiger partial charge < -0.3 is 10.2 Å². The highest BCUT2D eigenvalue weighted by atomic mass is 16.7. The standard InChI is InChI=1S/C9H11NO4/c1-7(11)6-14-10-4-2-3-8(5-10)9(12)13/h2-5,7,11H,6H2,1H3/p+1. The van der Waals surface area contributed by atoms with Gasteiger partial charge in [-0.1, -0.05) is 0 Å². The second-order valence-electron chi connectivity index (χ2n) is 2.90. The second kappa shape index (κ2) is 4.57.